The standard InChI is InChI=1S/C10H14N2O5/c1-6-2-12(10(15)11-9(6)14)3-7-5-16-8(4-13)17-7/h2,7-8,13H,3-5H2,1H3,(H,11,14,15)/t7-,8-/m0/s1. The van der Waals surface area contributed by atoms with Gasteiger partial charge in [-0.3, -0.25) is 14.3 Å². The van der Waals surface area contributed by atoms with Gasteiger partial charge in [0, 0.05) is 11.8 Å². The van der Waals surface area contributed by atoms with Crippen LogP contribution in [0.3, 0.4) is 0 Å². The largest absolute Gasteiger partial charge is 0.391 e. The number of hydrogen-bond acceptors (Lipinski definition) is 5. The normalized spacial score (nSPS) is 24.1. The summed E-state index contributed by atoms with van der Waals surface area (Å²) in [5.74, 6) is 0. The summed E-state index contributed by atoms with van der Waals surface area (Å²) in [5, 5.41) is 8.82. The molecule has 0 radical (unpaired) electrons. The van der Waals surface area contributed by atoms with Crippen molar-refractivity contribution in [2.45, 2.75) is 25.9 Å². The van der Waals surface area contributed by atoms with Crippen LogP contribution in [-0.2, 0) is 16.0 Å². The van der Waals surface area contributed by atoms with E-state index in [0.29, 0.717) is 12.2 Å². The molecule has 0 spiro atoms. The number of aliphatic hydroxyl groups is 1. The third-order valence-corrected chi connectivity index (χ3v) is 2.55. The van der Waals surface area contributed by atoms with Gasteiger partial charge in [-0.05, 0) is 6.92 Å². The summed E-state index contributed by atoms with van der Waals surface area (Å²) in [6, 6.07) is 0. The van der Waals surface area contributed by atoms with Crippen LogP contribution in [0.2, 0.25) is 0 Å². The number of H-pyrrole nitrogens is 1. The van der Waals surface area contributed by atoms with E-state index in [1.165, 1.54) is 10.8 Å². The van der Waals surface area contributed by atoms with Gasteiger partial charge in [0.1, 0.15) is 6.10 Å². The molecule has 1 aromatic heterocycles. The first-order valence-electron chi connectivity index (χ1n) is 5.28. The second-order valence-corrected chi connectivity index (χ2v) is 3.93. The maximum atomic E-state index is 11.5. The van der Waals surface area contributed by atoms with Crippen LogP contribution in [-0.4, -0.2) is 40.3 Å². The molecule has 2 N–H and O–H groups in total. The van der Waals surface area contributed by atoms with Gasteiger partial charge in [-0.15, -0.1) is 0 Å². The molecular formula is C10H14N2O5. The van der Waals surface area contributed by atoms with E-state index in [-0.39, 0.29) is 24.8 Å². The molecule has 2 heterocycles. The Morgan fingerprint density at radius 2 is 2.35 bits per heavy atom. The predicted octanol–water partition coefficient (Wildman–Crippen LogP) is -1.42. The summed E-state index contributed by atoms with van der Waals surface area (Å²) < 4.78 is 11.8. The summed E-state index contributed by atoms with van der Waals surface area (Å²) >= 11 is 0. The number of hydrogen-bond donors (Lipinski definition) is 2. The summed E-state index contributed by atoms with van der Waals surface area (Å²) in [7, 11) is 0. The lowest BCUT2D eigenvalue weighted by atomic mass is 10.3. The van der Waals surface area contributed by atoms with Crippen molar-refractivity contribution >= 4 is 0 Å². The Labute approximate surface area is 96.6 Å². The highest BCUT2D eigenvalue weighted by molar-refractivity contribution is 5.00. The maximum Gasteiger partial charge on any atom is 0.328 e. The lowest BCUT2D eigenvalue weighted by Crippen LogP contribution is -2.34. The molecule has 1 saturated heterocycles. The maximum absolute atomic E-state index is 11.5. The fourth-order valence-electron chi connectivity index (χ4n) is 1.67. The van der Waals surface area contributed by atoms with Crippen LogP contribution < -0.4 is 11.2 Å². The number of ether oxygens (including phenoxy) is 2. The number of rotatable bonds is 3. The third-order valence-electron chi connectivity index (χ3n) is 2.55. The Hall–Kier alpha value is -1.44. The fraction of sp³-hybridized carbons (Fsp3) is 0.600. The molecule has 0 aliphatic carbocycles. The van der Waals surface area contributed by atoms with Crippen LogP contribution in [0.1, 0.15) is 5.56 Å². The molecule has 2 rings (SSSR count). The van der Waals surface area contributed by atoms with Crippen LogP contribution >= 0.6 is 0 Å². The van der Waals surface area contributed by atoms with Crippen LogP contribution in [0.25, 0.3) is 0 Å². The first kappa shape index (κ1) is 12.0. The van der Waals surface area contributed by atoms with E-state index in [9.17, 15) is 9.59 Å². The van der Waals surface area contributed by atoms with Gasteiger partial charge in [-0.1, -0.05) is 0 Å². The topological polar surface area (TPSA) is 93.6 Å². The summed E-state index contributed by atoms with van der Waals surface area (Å²) in [6.07, 6.45) is 0.561. The van der Waals surface area contributed by atoms with Gasteiger partial charge in [0.15, 0.2) is 6.29 Å². The highest BCUT2D eigenvalue weighted by atomic mass is 16.7. The minimum Gasteiger partial charge on any atom is -0.391 e. The number of aromatic nitrogens is 2. The van der Waals surface area contributed by atoms with Crippen molar-refractivity contribution in [3.63, 3.8) is 0 Å². The first-order valence-corrected chi connectivity index (χ1v) is 5.28. The first-order chi connectivity index (χ1) is 8.10. The Morgan fingerprint density at radius 3 is 3.00 bits per heavy atom. The van der Waals surface area contributed by atoms with Gasteiger partial charge in [0.2, 0.25) is 0 Å². The van der Waals surface area contributed by atoms with Gasteiger partial charge in [-0.2, -0.15) is 0 Å². The van der Waals surface area contributed by atoms with Crippen molar-refractivity contribution in [2.24, 2.45) is 0 Å². The molecule has 17 heavy (non-hydrogen) atoms. The second-order valence-electron chi connectivity index (χ2n) is 3.93. The van der Waals surface area contributed by atoms with E-state index in [1.807, 2.05) is 0 Å². The average molecular weight is 242 g/mol. The average Bonchev–Trinajstić information content (AvgIpc) is 2.73. The molecule has 1 aliphatic rings. The van der Waals surface area contributed by atoms with Crippen molar-refractivity contribution in [2.75, 3.05) is 13.2 Å². The molecule has 7 nitrogen and oxygen atoms in total. The molecule has 1 aromatic rings. The number of nitrogens with zero attached hydrogens (tertiary/aromatic N) is 1. The van der Waals surface area contributed by atoms with Crippen molar-refractivity contribution in [3.05, 3.63) is 32.6 Å². The Balaban J connectivity index is 2.12. The monoisotopic (exact) mass is 242 g/mol. The van der Waals surface area contributed by atoms with Crippen LogP contribution in [0, 0.1) is 6.92 Å². The smallest absolute Gasteiger partial charge is 0.328 e. The van der Waals surface area contributed by atoms with Gasteiger partial charge < -0.3 is 14.6 Å². The summed E-state index contributed by atoms with van der Waals surface area (Å²) in [4.78, 5) is 24.9. The Morgan fingerprint density at radius 1 is 1.59 bits per heavy atom. The zero-order chi connectivity index (χ0) is 12.4. The van der Waals surface area contributed by atoms with E-state index < -0.39 is 12.0 Å². The molecule has 94 valence electrons. The molecule has 0 bridgehead atoms. The van der Waals surface area contributed by atoms with Gasteiger partial charge in [-0.25, -0.2) is 4.79 Å². The van der Waals surface area contributed by atoms with Crippen molar-refractivity contribution in [3.8, 4) is 0 Å². The summed E-state index contributed by atoms with van der Waals surface area (Å²) in [6.45, 7) is 2.01. The molecule has 2 atom stereocenters. The minimum atomic E-state index is -0.625. The number of aryl methyl sites for hydroxylation is 1. The van der Waals surface area contributed by atoms with E-state index in [1.54, 1.807) is 6.92 Å². The van der Waals surface area contributed by atoms with Gasteiger partial charge in [0.05, 0.1) is 19.8 Å². The van der Waals surface area contributed by atoms with E-state index in [2.05, 4.69) is 4.98 Å². The van der Waals surface area contributed by atoms with E-state index >= 15 is 0 Å². The van der Waals surface area contributed by atoms with Crippen LogP contribution in [0.5, 0.6) is 0 Å². The highest BCUT2D eigenvalue weighted by Crippen LogP contribution is 2.11. The van der Waals surface area contributed by atoms with E-state index in [4.69, 9.17) is 14.6 Å². The van der Waals surface area contributed by atoms with Crippen LogP contribution in [0.15, 0.2) is 15.8 Å². The molecule has 1 fully saturated rings. The van der Waals surface area contributed by atoms with E-state index in [0.717, 1.165) is 0 Å². The fourth-order valence-corrected chi connectivity index (χ4v) is 1.67. The molecular weight excluding hydrogens is 228 g/mol. The molecule has 0 aromatic carbocycles. The second kappa shape index (κ2) is 4.82. The SMILES string of the molecule is Cc1cn(C[C@H]2CO[C@H](CO)O2)c(=O)[nH]c1=O. The van der Waals surface area contributed by atoms with Crippen molar-refractivity contribution < 1.29 is 14.6 Å². The third kappa shape index (κ3) is 2.63. The lowest BCUT2D eigenvalue weighted by Gasteiger charge is -2.11. The Bertz CT molecular complexity index is 506. The molecule has 1 aliphatic heterocycles. The number of nitrogens with one attached hydrogen (secondary N) is 1. The van der Waals surface area contributed by atoms with Crippen molar-refractivity contribution in [1.29, 1.82) is 0 Å². The molecule has 0 amide bonds. The molecule has 0 unspecified atom stereocenters. The molecule has 0 saturated carbocycles. The minimum absolute atomic E-state index is 0.212. The quantitative estimate of drug-likeness (QED) is 0.678. The lowest BCUT2D eigenvalue weighted by molar-refractivity contribution is -0.0893. The number of aromatic amines is 1. The number of aliphatic hydroxyl groups excluding tert-OH is 1. The highest BCUT2D eigenvalue weighted by Gasteiger charge is 2.25. The zero-order valence-electron chi connectivity index (χ0n) is 9.38. The zero-order valence-corrected chi connectivity index (χ0v) is 9.38. The van der Waals surface area contributed by atoms with Crippen LogP contribution in [0.4, 0.5) is 0 Å². The Kier molecular flexibility index (Phi) is 3.41. The van der Waals surface area contributed by atoms with Crippen molar-refractivity contribution in [1.82, 2.24) is 9.55 Å². The molecule has 7 heteroatoms. The van der Waals surface area contributed by atoms with Gasteiger partial charge >= 0.3 is 5.69 Å². The summed E-state index contributed by atoms with van der Waals surface area (Å²) in [5.41, 5.74) is -0.401. The predicted molar refractivity (Wildman–Crippen MR) is 57.8 cm³/mol. The van der Waals surface area contributed by atoms with Gasteiger partial charge in [0.25, 0.3) is 5.56 Å².